The fourth-order valence-electron chi connectivity index (χ4n) is 3.69. The van der Waals surface area contributed by atoms with Gasteiger partial charge in [0.15, 0.2) is 0 Å². The number of nitrogens with zero attached hydrogens (tertiary/aromatic N) is 2. The van der Waals surface area contributed by atoms with Gasteiger partial charge in [-0.2, -0.15) is 0 Å². The van der Waals surface area contributed by atoms with Gasteiger partial charge in [-0.15, -0.1) is 11.3 Å². The molecular formula is C16H22N2OS. The molecule has 3 heterocycles. The van der Waals surface area contributed by atoms with E-state index < -0.39 is 0 Å². The molecular weight excluding hydrogens is 268 g/mol. The largest absolute Gasteiger partial charge is 0.340 e. The molecule has 0 aromatic carbocycles. The third-order valence-electron chi connectivity index (χ3n) is 5.28. The van der Waals surface area contributed by atoms with Gasteiger partial charge in [0.1, 0.15) is 0 Å². The molecule has 1 amide bonds. The Bertz CT molecular complexity index is 497. The summed E-state index contributed by atoms with van der Waals surface area (Å²) in [5.41, 5.74) is 0.355. The van der Waals surface area contributed by atoms with Crippen molar-refractivity contribution >= 4 is 17.2 Å². The number of likely N-dealkylation sites (tertiary alicyclic amines) is 2. The highest BCUT2D eigenvalue weighted by molar-refractivity contribution is 7.10. The smallest absolute Gasteiger partial charge is 0.227 e. The van der Waals surface area contributed by atoms with Crippen molar-refractivity contribution in [3.05, 3.63) is 22.4 Å². The number of amides is 1. The lowest BCUT2D eigenvalue weighted by Gasteiger charge is -2.51. The first-order valence-corrected chi connectivity index (χ1v) is 8.68. The average molecular weight is 290 g/mol. The molecule has 1 spiro atoms. The Hall–Kier alpha value is -0.870. The van der Waals surface area contributed by atoms with Crippen LogP contribution in [0.25, 0.3) is 0 Å². The zero-order valence-electron chi connectivity index (χ0n) is 11.9. The van der Waals surface area contributed by atoms with Crippen LogP contribution in [0.2, 0.25) is 0 Å². The lowest BCUT2D eigenvalue weighted by molar-refractivity contribution is -0.130. The molecule has 3 nitrogen and oxygen atoms in total. The van der Waals surface area contributed by atoms with Gasteiger partial charge in [0.2, 0.25) is 5.91 Å². The van der Waals surface area contributed by atoms with Crippen molar-refractivity contribution in [2.24, 2.45) is 5.92 Å². The minimum absolute atomic E-state index is 0.322. The average Bonchev–Trinajstić information content (AvgIpc) is 2.93. The third-order valence-corrected chi connectivity index (χ3v) is 6.16. The van der Waals surface area contributed by atoms with Gasteiger partial charge in [-0.3, -0.25) is 9.69 Å². The van der Waals surface area contributed by atoms with Crippen molar-refractivity contribution in [1.82, 2.24) is 9.80 Å². The summed E-state index contributed by atoms with van der Waals surface area (Å²) < 4.78 is 0. The normalized spacial score (nSPS) is 29.9. The molecule has 1 aromatic heterocycles. The molecule has 1 saturated carbocycles. The maximum absolute atomic E-state index is 12.4. The summed E-state index contributed by atoms with van der Waals surface area (Å²) in [5.74, 6) is 1.28. The van der Waals surface area contributed by atoms with Crippen LogP contribution < -0.4 is 0 Å². The molecule has 2 aliphatic heterocycles. The Morgan fingerprint density at radius 3 is 2.85 bits per heavy atom. The number of carbonyl (C=O) groups is 1. The lowest BCUT2D eigenvalue weighted by Crippen LogP contribution is -2.61. The second-order valence-corrected chi connectivity index (χ2v) is 7.72. The highest BCUT2D eigenvalue weighted by Gasteiger charge is 2.50. The third kappa shape index (κ3) is 2.29. The van der Waals surface area contributed by atoms with E-state index in [1.165, 1.54) is 43.6 Å². The predicted molar refractivity (Wildman–Crippen MR) is 80.9 cm³/mol. The molecule has 0 bridgehead atoms. The summed E-state index contributed by atoms with van der Waals surface area (Å²) in [4.78, 5) is 18.4. The summed E-state index contributed by atoms with van der Waals surface area (Å²) in [7, 11) is 0. The molecule has 0 unspecified atom stereocenters. The monoisotopic (exact) mass is 290 g/mol. The molecule has 4 heteroatoms. The summed E-state index contributed by atoms with van der Waals surface area (Å²) in [6, 6.07) is 4.10. The molecule has 108 valence electrons. The quantitative estimate of drug-likeness (QED) is 0.850. The van der Waals surface area contributed by atoms with E-state index in [-0.39, 0.29) is 0 Å². The Labute approximate surface area is 124 Å². The van der Waals surface area contributed by atoms with Gasteiger partial charge in [0, 0.05) is 36.6 Å². The number of rotatable bonds is 4. The molecule has 1 aliphatic carbocycles. The molecule has 3 aliphatic rings. The van der Waals surface area contributed by atoms with Gasteiger partial charge in [0.05, 0.1) is 6.42 Å². The zero-order chi connectivity index (χ0) is 13.6. The molecule has 2 saturated heterocycles. The van der Waals surface area contributed by atoms with Gasteiger partial charge in [0.25, 0.3) is 0 Å². The lowest BCUT2D eigenvalue weighted by atomic mass is 9.83. The predicted octanol–water partition coefficient (Wildman–Crippen LogP) is 2.38. The molecule has 4 rings (SSSR count). The fraction of sp³-hybridized carbons (Fsp3) is 0.688. The van der Waals surface area contributed by atoms with Crippen molar-refractivity contribution < 1.29 is 4.79 Å². The summed E-state index contributed by atoms with van der Waals surface area (Å²) in [6.45, 7) is 4.48. The van der Waals surface area contributed by atoms with Crippen molar-refractivity contribution in [2.75, 3.05) is 26.2 Å². The fourth-order valence-corrected chi connectivity index (χ4v) is 4.38. The van der Waals surface area contributed by atoms with Crippen LogP contribution in [0.1, 0.15) is 30.6 Å². The van der Waals surface area contributed by atoms with Crippen LogP contribution >= 0.6 is 11.3 Å². The maximum Gasteiger partial charge on any atom is 0.227 e. The van der Waals surface area contributed by atoms with Crippen LogP contribution in [0.3, 0.4) is 0 Å². The minimum Gasteiger partial charge on any atom is -0.340 e. The maximum atomic E-state index is 12.4. The highest BCUT2D eigenvalue weighted by atomic mass is 32.1. The van der Waals surface area contributed by atoms with Gasteiger partial charge in [-0.05, 0) is 43.0 Å². The molecule has 3 fully saturated rings. The Kier molecular flexibility index (Phi) is 3.11. The topological polar surface area (TPSA) is 23.6 Å². The second-order valence-electron chi connectivity index (χ2n) is 6.69. The zero-order valence-corrected chi connectivity index (χ0v) is 12.7. The number of thiophene rings is 1. The van der Waals surface area contributed by atoms with E-state index in [1.807, 2.05) is 6.07 Å². The Morgan fingerprint density at radius 1 is 1.35 bits per heavy atom. The van der Waals surface area contributed by atoms with E-state index in [4.69, 9.17) is 0 Å². The molecule has 1 atom stereocenters. The van der Waals surface area contributed by atoms with E-state index in [0.29, 0.717) is 17.9 Å². The van der Waals surface area contributed by atoms with Crippen molar-refractivity contribution in [1.29, 1.82) is 0 Å². The van der Waals surface area contributed by atoms with Crippen molar-refractivity contribution in [3.63, 3.8) is 0 Å². The second kappa shape index (κ2) is 4.85. The Morgan fingerprint density at radius 2 is 2.20 bits per heavy atom. The van der Waals surface area contributed by atoms with Crippen LogP contribution in [0, 0.1) is 5.92 Å². The first-order chi connectivity index (χ1) is 9.75. The SMILES string of the molecule is O=C(Cc1cccs1)N1CC[C@]2(CCN2CC2CC2)C1. The molecule has 0 N–H and O–H groups in total. The first kappa shape index (κ1) is 12.8. The van der Waals surface area contributed by atoms with Crippen molar-refractivity contribution in [2.45, 2.75) is 37.6 Å². The van der Waals surface area contributed by atoms with E-state index in [0.717, 1.165) is 19.0 Å². The van der Waals surface area contributed by atoms with Crippen LogP contribution in [0.5, 0.6) is 0 Å². The van der Waals surface area contributed by atoms with Gasteiger partial charge in [-0.1, -0.05) is 6.07 Å². The van der Waals surface area contributed by atoms with E-state index in [2.05, 4.69) is 21.2 Å². The van der Waals surface area contributed by atoms with E-state index >= 15 is 0 Å². The summed E-state index contributed by atoms with van der Waals surface area (Å²) >= 11 is 1.69. The Balaban J connectivity index is 1.36. The molecule has 20 heavy (non-hydrogen) atoms. The van der Waals surface area contributed by atoms with E-state index in [1.54, 1.807) is 11.3 Å². The standard InChI is InChI=1S/C16H22N2OS/c19-15(10-14-2-1-9-20-14)17-7-5-16(12-17)6-8-18(16)11-13-3-4-13/h1-2,9,13H,3-8,10-12H2/t16-/m0/s1. The summed E-state index contributed by atoms with van der Waals surface area (Å²) in [6.07, 6.45) is 5.93. The van der Waals surface area contributed by atoms with Crippen LogP contribution in [-0.4, -0.2) is 47.4 Å². The summed E-state index contributed by atoms with van der Waals surface area (Å²) in [5, 5.41) is 2.05. The van der Waals surface area contributed by atoms with Gasteiger partial charge < -0.3 is 4.90 Å². The van der Waals surface area contributed by atoms with Crippen LogP contribution in [-0.2, 0) is 11.2 Å². The van der Waals surface area contributed by atoms with Crippen LogP contribution in [0.4, 0.5) is 0 Å². The van der Waals surface area contributed by atoms with E-state index in [9.17, 15) is 4.79 Å². The number of carbonyl (C=O) groups excluding carboxylic acids is 1. The molecule has 0 radical (unpaired) electrons. The minimum atomic E-state index is 0.322. The first-order valence-electron chi connectivity index (χ1n) is 7.80. The number of hydrogen-bond donors (Lipinski definition) is 0. The number of hydrogen-bond acceptors (Lipinski definition) is 3. The van der Waals surface area contributed by atoms with Crippen LogP contribution in [0.15, 0.2) is 17.5 Å². The van der Waals surface area contributed by atoms with Gasteiger partial charge >= 0.3 is 0 Å². The van der Waals surface area contributed by atoms with Gasteiger partial charge in [-0.25, -0.2) is 0 Å². The molecule has 1 aromatic rings. The highest BCUT2D eigenvalue weighted by Crippen LogP contribution is 2.42. The van der Waals surface area contributed by atoms with Crippen molar-refractivity contribution in [3.8, 4) is 0 Å².